The van der Waals surface area contributed by atoms with Crippen LogP contribution < -0.4 is 25.7 Å². The summed E-state index contributed by atoms with van der Waals surface area (Å²) in [5, 5.41) is 6.46. The Hall–Kier alpha value is -5.06. The van der Waals surface area contributed by atoms with Gasteiger partial charge >= 0.3 is 0 Å². The van der Waals surface area contributed by atoms with Crippen LogP contribution in [0.3, 0.4) is 0 Å². The van der Waals surface area contributed by atoms with Crippen LogP contribution in [0.4, 0.5) is 5.69 Å². The van der Waals surface area contributed by atoms with Crippen LogP contribution in [0.5, 0.6) is 11.5 Å². The molecule has 11 nitrogen and oxygen atoms in total. The molecule has 0 radical (unpaired) electrons. The van der Waals surface area contributed by atoms with Gasteiger partial charge in [-0.05, 0) is 56.9 Å². The number of nitrogens with zero attached hydrogens (tertiary/aromatic N) is 2. The third-order valence-electron chi connectivity index (χ3n) is 9.18. The van der Waals surface area contributed by atoms with Crippen molar-refractivity contribution in [3.8, 4) is 11.5 Å². The number of carbonyl (C=O) groups is 3. The minimum atomic E-state index is -1.22. The number of amides is 3. The predicted molar refractivity (Wildman–Crippen MR) is 189 cm³/mol. The molecule has 5 atom stereocenters. The Morgan fingerprint density at radius 3 is 2.65 bits per heavy atom. The van der Waals surface area contributed by atoms with Gasteiger partial charge in [0.2, 0.25) is 17.7 Å². The van der Waals surface area contributed by atoms with E-state index in [9.17, 15) is 14.4 Å². The van der Waals surface area contributed by atoms with Crippen molar-refractivity contribution in [1.82, 2.24) is 15.7 Å². The highest BCUT2D eigenvalue weighted by atomic mass is 16.7. The van der Waals surface area contributed by atoms with Crippen molar-refractivity contribution in [2.75, 3.05) is 26.0 Å². The van der Waals surface area contributed by atoms with Gasteiger partial charge in [-0.2, -0.15) is 5.48 Å². The topological polar surface area (TPSA) is 131 Å². The summed E-state index contributed by atoms with van der Waals surface area (Å²) >= 11 is 0. The molecule has 5 rings (SSSR count). The van der Waals surface area contributed by atoms with Crippen molar-refractivity contribution in [1.29, 1.82) is 0 Å². The molecule has 2 heterocycles. The average molecular weight is 670 g/mol. The molecule has 11 heteroatoms. The van der Waals surface area contributed by atoms with E-state index in [1.165, 1.54) is 0 Å². The first-order chi connectivity index (χ1) is 23.8. The lowest BCUT2D eigenvalue weighted by atomic mass is 10.0. The first-order valence-electron chi connectivity index (χ1n) is 17.0. The maximum atomic E-state index is 14.5. The molecule has 1 saturated carbocycles. The van der Waals surface area contributed by atoms with Crippen LogP contribution in [0.2, 0.25) is 0 Å². The molecule has 260 valence electrons. The van der Waals surface area contributed by atoms with Gasteiger partial charge in [0.25, 0.3) is 5.91 Å². The molecular formula is C38H47N5O6. The van der Waals surface area contributed by atoms with Gasteiger partial charge in [0.1, 0.15) is 29.5 Å². The zero-order chi connectivity index (χ0) is 34.8. The lowest BCUT2D eigenvalue weighted by Gasteiger charge is -2.30. The van der Waals surface area contributed by atoms with Crippen molar-refractivity contribution in [2.45, 2.75) is 75.6 Å². The molecule has 2 aromatic carbocycles. The summed E-state index contributed by atoms with van der Waals surface area (Å²) in [6.07, 6.45) is 11.9. The van der Waals surface area contributed by atoms with E-state index in [-0.39, 0.29) is 24.8 Å². The van der Waals surface area contributed by atoms with E-state index in [1.807, 2.05) is 49.4 Å². The summed E-state index contributed by atoms with van der Waals surface area (Å²) in [4.78, 5) is 53.9. The lowest BCUT2D eigenvalue weighted by Crippen LogP contribution is -2.57. The molecule has 2 aromatic rings. The number of hydroxylamine groups is 1. The minimum absolute atomic E-state index is 0.162. The number of rotatable bonds is 9. The van der Waals surface area contributed by atoms with Gasteiger partial charge in [-0.25, -0.2) is 0 Å². The van der Waals surface area contributed by atoms with Gasteiger partial charge in [-0.1, -0.05) is 68.0 Å². The van der Waals surface area contributed by atoms with E-state index >= 15 is 0 Å². The Kier molecular flexibility index (Phi) is 11.8. The SMILES string of the molecule is C=C(/C=C\C)C(=NC)O[C@@H]1C[C@H]2C(=O)N[C@]3(C(=O)NOc4ccccc4)C[C@H]3/C=C\CCCCC[C@H](Nc3cccc(OC)c3)C(=O)N2C1. The maximum Gasteiger partial charge on any atom is 0.278 e. The summed E-state index contributed by atoms with van der Waals surface area (Å²) in [6, 6.07) is 14.9. The number of benzene rings is 2. The number of para-hydroxylation sites is 1. The van der Waals surface area contributed by atoms with Gasteiger partial charge < -0.3 is 29.8 Å². The van der Waals surface area contributed by atoms with Crippen molar-refractivity contribution in [2.24, 2.45) is 10.9 Å². The molecule has 0 spiro atoms. The fourth-order valence-corrected chi connectivity index (χ4v) is 6.47. The van der Waals surface area contributed by atoms with Crippen molar-refractivity contribution in [3.05, 3.63) is 91.1 Å². The van der Waals surface area contributed by atoms with Gasteiger partial charge in [-0.15, -0.1) is 0 Å². The molecule has 2 aliphatic heterocycles. The van der Waals surface area contributed by atoms with Crippen LogP contribution in [0, 0.1) is 5.92 Å². The predicted octanol–water partition coefficient (Wildman–Crippen LogP) is 5.13. The zero-order valence-electron chi connectivity index (χ0n) is 28.5. The van der Waals surface area contributed by atoms with Gasteiger partial charge in [0.15, 0.2) is 5.75 Å². The normalized spacial score (nSPS) is 26.7. The highest BCUT2D eigenvalue weighted by Crippen LogP contribution is 2.45. The van der Waals surface area contributed by atoms with Crippen LogP contribution in [-0.4, -0.2) is 72.9 Å². The number of fused-ring (bicyclic) bond motifs is 2. The minimum Gasteiger partial charge on any atom is -0.497 e. The summed E-state index contributed by atoms with van der Waals surface area (Å²) < 4.78 is 11.7. The van der Waals surface area contributed by atoms with E-state index in [2.05, 4.69) is 33.8 Å². The van der Waals surface area contributed by atoms with E-state index in [0.717, 1.165) is 31.4 Å². The van der Waals surface area contributed by atoms with Gasteiger partial charge in [-0.3, -0.25) is 19.4 Å². The number of hydrogen-bond acceptors (Lipinski definition) is 8. The third-order valence-corrected chi connectivity index (χ3v) is 9.18. The van der Waals surface area contributed by atoms with Crippen LogP contribution in [0.1, 0.15) is 51.9 Å². The highest BCUT2D eigenvalue weighted by molar-refractivity contribution is 5.99. The molecular weight excluding hydrogens is 622 g/mol. The molecule has 0 unspecified atom stereocenters. The first-order valence-corrected chi connectivity index (χ1v) is 17.0. The number of hydrogen-bond donors (Lipinski definition) is 3. The molecule has 3 N–H and O–H groups in total. The Bertz CT molecular complexity index is 1590. The fraction of sp³-hybridized carbons (Fsp3) is 0.421. The lowest BCUT2D eigenvalue weighted by molar-refractivity contribution is -0.141. The van der Waals surface area contributed by atoms with E-state index < -0.39 is 35.5 Å². The molecule has 49 heavy (non-hydrogen) atoms. The summed E-state index contributed by atoms with van der Waals surface area (Å²) in [7, 11) is 3.21. The first kappa shape index (κ1) is 35.3. The Labute approximate surface area is 288 Å². The molecule has 2 fully saturated rings. The van der Waals surface area contributed by atoms with Gasteiger partial charge in [0.05, 0.1) is 13.7 Å². The fourth-order valence-electron chi connectivity index (χ4n) is 6.47. The van der Waals surface area contributed by atoms with Crippen LogP contribution in [0.15, 0.2) is 96.0 Å². The average Bonchev–Trinajstić information content (AvgIpc) is 3.64. The molecule has 3 aliphatic rings. The third kappa shape index (κ3) is 8.70. The number of methoxy groups -OCH3 is 1. The quantitative estimate of drug-likeness (QED) is 0.111. The molecule has 0 bridgehead atoms. The molecule has 1 saturated heterocycles. The van der Waals surface area contributed by atoms with Crippen LogP contribution in [0.25, 0.3) is 0 Å². The Morgan fingerprint density at radius 1 is 1.10 bits per heavy atom. The number of ether oxygens (including phenoxy) is 2. The number of anilines is 1. The van der Waals surface area contributed by atoms with Crippen LogP contribution in [-0.2, 0) is 19.1 Å². The van der Waals surface area contributed by atoms with Crippen molar-refractivity contribution < 1.29 is 28.7 Å². The standard InChI is InChI=1S/C38H47N5O6/c1-5-15-26(2)35(39-3)48-31-23-33-34(44)41-38(37(46)42-49-29-18-11-9-12-19-29)24-27(38)16-10-7-6-8-13-21-32(36(45)43(33)25-31)40-28-17-14-20-30(22-28)47-4/h5,9-12,14-20,22,27,31-33,40H,2,6-8,13,21,23-25H2,1,3-4H3,(H,41,44)(H,42,46)/b15-5-,16-10-,39-35?/t27-,31-,32+,33+,38-/m1/s1. The van der Waals surface area contributed by atoms with E-state index in [1.54, 1.807) is 49.4 Å². The second-order valence-electron chi connectivity index (χ2n) is 12.6. The number of allylic oxidation sites excluding steroid dienone is 2. The summed E-state index contributed by atoms with van der Waals surface area (Å²) in [5.41, 5.74) is 2.66. The van der Waals surface area contributed by atoms with E-state index in [4.69, 9.17) is 14.3 Å². The Balaban J connectivity index is 1.43. The summed E-state index contributed by atoms with van der Waals surface area (Å²) in [6.45, 7) is 6.09. The smallest absolute Gasteiger partial charge is 0.278 e. The number of aliphatic imine (C=N–C) groups is 1. The van der Waals surface area contributed by atoms with Gasteiger partial charge in [0, 0.05) is 36.7 Å². The second-order valence-corrected chi connectivity index (χ2v) is 12.6. The highest BCUT2D eigenvalue weighted by Gasteiger charge is 2.61. The molecule has 0 aromatic heterocycles. The monoisotopic (exact) mass is 669 g/mol. The van der Waals surface area contributed by atoms with Crippen molar-refractivity contribution in [3.63, 3.8) is 0 Å². The molecule has 3 amide bonds. The number of carbonyl (C=O) groups excluding carboxylic acids is 3. The second kappa shape index (κ2) is 16.4. The largest absolute Gasteiger partial charge is 0.497 e. The van der Waals surface area contributed by atoms with Crippen molar-refractivity contribution >= 4 is 29.3 Å². The summed E-state index contributed by atoms with van der Waals surface area (Å²) in [5.74, 6) is 0.159. The van der Waals surface area contributed by atoms with Crippen LogP contribution >= 0.6 is 0 Å². The maximum absolute atomic E-state index is 14.5. The Morgan fingerprint density at radius 2 is 1.90 bits per heavy atom. The molecule has 1 aliphatic carbocycles. The zero-order valence-corrected chi connectivity index (χ0v) is 28.5. The van der Waals surface area contributed by atoms with E-state index in [0.29, 0.717) is 35.8 Å². The number of nitrogens with one attached hydrogen (secondary N) is 3.